The summed E-state index contributed by atoms with van der Waals surface area (Å²) in [6.45, 7) is 5.29. The molecule has 96 valence electrons. The summed E-state index contributed by atoms with van der Waals surface area (Å²) in [5.74, 6) is 1.87. The molecule has 1 atom stereocenters. The van der Waals surface area contributed by atoms with Gasteiger partial charge in [0.25, 0.3) is 0 Å². The third kappa shape index (κ3) is 2.05. The van der Waals surface area contributed by atoms with Gasteiger partial charge in [-0.1, -0.05) is 25.0 Å². The fourth-order valence-electron chi connectivity index (χ4n) is 2.83. The number of hydrogen-bond donors (Lipinski definition) is 1. The normalized spacial score (nSPS) is 17.9. The van der Waals surface area contributed by atoms with Crippen LogP contribution in [0.2, 0.25) is 0 Å². The fourth-order valence-corrected chi connectivity index (χ4v) is 2.83. The summed E-state index contributed by atoms with van der Waals surface area (Å²) in [6.07, 6.45) is 4.02. The third-order valence-electron chi connectivity index (χ3n) is 4.04. The molecule has 1 fully saturated rings. The Balaban J connectivity index is 1.95. The van der Waals surface area contributed by atoms with Crippen LogP contribution in [0.25, 0.3) is 11.0 Å². The van der Waals surface area contributed by atoms with E-state index in [0.717, 1.165) is 23.8 Å². The molecule has 2 aromatic rings. The van der Waals surface area contributed by atoms with Crippen LogP contribution in [0.3, 0.4) is 0 Å². The molecular formula is C16H21NO. The lowest BCUT2D eigenvalue weighted by atomic mass is 9.79. The number of aryl methyl sites for hydroxylation is 1. The van der Waals surface area contributed by atoms with E-state index in [1.54, 1.807) is 0 Å². The van der Waals surface area contributed by atoms with E-state index in [0.29, 0.717) is 6.04 Å². The summed E-state index contributed by atoms with van der Waals surface area (Å²) < 4.78 is 6.03. The number of benzene rings is 1. The number of furan rings is 1. The van der Waals surface area contributed by atoms with Gasteiger partial charge in [0.1, 0.15) is 11.3 Å². The second-order valence-corrected chi connectivity index (χ2v) is 5.42. The zero-order valence-electron chi connectivity index (χ0n) is 11.2. The molecule has 2 heteroatoms. The van der Waals surface area contributed by atoms with Crippen molar-refractivity contribution in [2.75, 3.05) is 6.54 Å². The van der Waals surface area contributed by atoms with E-state index in [9.17, 15) is 0 Å². The van der Waals surface area contributed by atoms with Crippen LogP contribution < -0.4 is 5.32 Å². The van der Waals surface area contributed by atoms with E-state index in [-0.39, 0.29) is 0 Å². The molecular weight excluding hydrogens is 222 g/mol. The monoisotopic (exact) mass is 243 g/mol. The average molecular weight is 243 g/mol. The molecule has 1 aliphatic carbocycles. The Morgan fingerprint density at radius 2 is 2.17 bits per heavy atom. The zero-order chi connectivity index (χ0) is 12.5. The van der Waals surface area contributed by atoms with Gasteiger partial charge in [0.05, 0.1) is 6.04 Å². The number of rotatable bonds is 4. The molecule has 0 radical (unpaired) electrons. The maximum absolute atomic E-state index is 6.03. The van der Waals surface area contributed by atoms with E-state index in [1.807, 2.05) is 0 Å². The van der Waals surface area contributed by atoms with E-state index in [4.69, 9.17) is 4.42 Å². The molecule has 0 spiro atoms. The van der Waals surface area contributed by atoms with Gasteiger partial charge in [0.15, 0.2) is 0 Å². The van der Waals surface area contributed by atoms with Crippen molar-refractivity contribution in [3.63, 3.8) is 0 Å². The molecule has 1 aromatic heterocycles. The molecule has 1 aromatic carbocycles. The first-order valence-electron chi connectivity index (χ1n) is 7.01. The predicted octanol–water partition coefficient (Wildman–Crippen LogP) is 4.19. The predicted molar refractivity (Wildman–Crippen MR) is 74.7 cm³/mol. The first kappa shape index (κ1) is 11.8. The quantitative estimate of drug-likeness (QED) is 0.871. The molecule has 3 rings (SSSR count). The van der Waals surface area contributed by atoms with Gasteiger partial charge in [-0.05, 0) is 50.4 Å². The fraction of sp³-hybridized carbons (Fsp3) is 0.500. The summed E-state index contributed by atoms with van der Waals surface area (Å²) >= 11 is 0. The van der Waals surface area contributed by atoms with Crippen LogP contribution in [0.5, 0.6) is 0 Å². The molecule has 2 nitrogen and oxygen atoms in total. The van der Waals surface area contributed by atoms with E-state index < -0.39 is 0 Å². The molecule has 0 aliphatic heterocycles. The number of nitrogens with one attached hydrogen (secondary N) is 1. The third-order valence-corrected chi connectivity index (χ3v) is 4.04. The van der Waals surface area contributed by atoms with Crippen molar-refractivity contribution in [1.82, 2.24) is 5.32 Å². The van der Waals surface area contributed by atoms with Crippen LogP contribution in [0.15, 0.2) is 28.7 Å². The Morgan fingerprint density at radius 1 is 1.33 bits per heavy atom. The second kappa shape index (κ2) is 4.77. The summed E-state index contributed by atoms with van der Waals surface area (Å²) in [5.41, 5.74) is 2.30. The molecule has 0 amide bonds. The lowest BCUT2D eigenvalue weighted by Gasteiger charge is -2.32. The van der Waals surface area contributed by atoms with Crippen molar-refractivity contribution in [2.45, 2.75) is 39.2 Å². The summed E-state index contributed by atoms with van der Waals surface area (Å²) in [4.78, 5) is 0. The highest BCUT2D eigenvalue weighted by Gasteiger charge is 2.30. The van der Waals surface area contributed by atoms with Crippen LogP contribution in [0, 0.1) is 12.8 Å². The van der Waals surface area contributed by atoms with Gasteiger partial charge in [0.2, 0.25) is 0 Å². The van der Waals surface area contributed by atoms with E-state index in [1.165, 1.54) is 30.2 Å². The molecule has 1 unspecified atom stereocenters. The smallest absolute Gasteiger partial charge is 0.134 e. The second-order valence-electron chi connectivity index (χ2n) is 5.42. The SMILES string of the molecule is CCNC(c1cc2cc(C)ccc2o1)C1CCC1. The van der Waals surface area contributed by atoms with Crippen LogP contribution in [-0.4, -0.2) is 6.54 Å². The van der Waals surface area contributed by atoms with Crippen molar-refractivity contribution in [3.8, 4) is 0 Å². The van der Waals surface area contributed by atoms with Crippen molar-refractivity contribution in [3.05, 3.63) is 35.6 Å². The summed E-state index contributed by atoms with van der Waals surface area (Å²) in [7, 11) is 0. The van der Waals surface area contributed by atoms with E-state index >= 15 is 0 Å². The van der Waals surface area contributed by atoms with Gasteiger partial charge in [-0.2, -0.15) is 0 Å². The van der Waals surface area contributed by atoms with Crippen molar-refractivity contribution < 1.29 is 4.42 Å². The first-order chi connectivity index (χ1) is 8.78. The minimum atomic E-state index is 0.399. The summed E-state index contributed by atoms with van der Waals surface area (Å²) in [5, 5.41) is 4.81. The standard InChI is InChI=1S/C16H21NO/c1-3-17-16(12-5-4-6-12)15-10-13-9-11(2)7-8-14(13)18-15/h7-10,12,16-17H,3-6H2,1-2H3. The van der Waals surface area contributed by atoms with Crippen molar-refractivity contribution in [2.24, 2.45) is 5.92 Å². The average Bonchev–Trinajstić information content (AvgIpc) is 2.68. The Kier molecular flexibility index (Phi) is 3.13. The van der Waals surface area contributed by atoms with Crippen LogP contribution in [-0.2, 0) is 0 Å². The minimum absolute atomic E-state index is 0.399. The molecule has 18 heavy (non-hydrogen) atoms. The molecule has 0 saturated heterocycles. The highest BCUT2D eigenvalue weighted by atomic mass is 16.3. The lowest BCUT2D eigenvalue weighted by molar-refractivity contribution is 0.212. The Hall–Kier alpha value is -1.28. The number of hydrogen-bond acceptors (Lipinski definition) is 2. The van der Waals surface area contributed by atoms with Crippen molar-refractivity contribution in [1.29, 1.82) is 0 Å². The van der Waals surface area contributed by atoms with Crippen LogP contribution >= 0.6 is 0 Å². The largest absolute Gasteiger partial charge is 0.459 e. The van der Waals surface area contributed by atoms with E-state index in [2.05, 4.69) is 43.4 Å². The van der Waals surface area contributed by atoms with Crippen LogP contribution in [0.4, 0.5) is 0 Å². The zero-order valence-corrected chi connectivity index (χ0v) is 11.2. The topological polar surface area (TPSA) is 25.2 Å². The molecule has 1 aliphatic rings. The Labute approximate surface area is 108 Å². The Bertz CT molecular complexity index is 539. The Morgan fingerprint density at radius 3 is 2.83 bits per heavy atom. The van der Waals surface area contributed by atoms with Gasteiger partial charge in [0, 0.05) is 5.39 Å². The van der Waals surface area contributed by atoms with Gasteiger partial charge >= 0.3 is 0 Å². The maximum Gasteiger partial charge on any atom is 0.134 e. The van der Waals surface area contributed by atoms with Gasteiger partial charge < -0.3 is 9.73 Å². The van der Waals surface area contributed by atoms with Crippen molar-refractivity contribution >= 4 is 11.0 Å². The summed E-state index contributed by atoms with van der Waals surface area (Å²) in [6, 6.07) is 9.01. The minimum Gasteiger partial charge on any atom is -0.459 e. The first-order valence-corrected chi connectivity index (χ1v) is 7.01. The molecule has 1 N–H and O–H groups in total. The lowest BCUT2D eigenvalue weighted by Crippen LogP contribution is -2.31. The van der Waals surface area contributed by atoms with Crippen LogP contribution in [0.1, 0.15) is 43.6 Å². The highest BCUT2D eigenvalue weighted by Crippen LogP contribution is 2.39. The maximum atomic E-state index is 6.03. The van der Waals surface area contributed by atoms with Gasteiger partial charge in [-0.15, -0.1) is 0 Å². The number of fused-ring (bicyclic) bond motifs is 1. The molecule has 0 bridgehead atoms. The molecule has 1 saturated carbocycles. The van der Waals surface area contributed by atoms with Gasteiger partial charge in [-0.3, -0.25) is 0 Å². The highest BCUT2D eigenvalue weighted by molar-refractivity contribution is 5.78. The van der Waals surface area contributed by atoms with Gasteiger partial charge in [-0.25, -0.2) is 0 Å². The molecule has 1 heterocycles.